The molecule has 3 aliphatic carbocycles. The van der Waals surface area contributed by atoms with E-state index in [9.17, 15) is 14.4 Å². The van der Waals surface area contributed by atoms with Gasteiger partial charge in [0.15, 0.2) is 0 Å². The number of nitrogens with zero attached hydrogens (tertiary/aromatic N) is 1. The van der Waals surface area contributed by atoms with E-state index in [2.05, 4.69) is 13.8 Å². The molecule has 3 amide bonds. The van der Waals surface area contributed by atoms with Gasteiger partial charge in [-0.25, -0.2) is 4.90 Å². The minimum atomic E-state index is -0.514. The maximum Gasteiger partial charge on any atom is 0.252 e. The summed E-state index contributed by atoms with van der Waals surface area (Å²) in [5.74, 6) is -0.857. The average molecular weight is 399 g/mol. The lowest BCUT2D eigenvalue weighted by molar-refractivity contribution is -0.122. The van der Waals surface area contributed by atoms with Crippen molar-refractivity contribution in [3.05, 3.63) is 27.2 Å². The summed E-state index contributed by atoms with van der Waals surface area (Å²) >= 11 is 1.45. The molecule has 6 heteroatoms. The van der Waals surface area contributed by atoms with E-state index in [-0.39, 0.29) is 35.5 Å². The van der Waals surface area contributed by atoms with Crippen molar-refractivity contribution in [3.63, 3.8) is 0 Å². The highest BCUT2D eigenvalue weighted by molar-refractivity contribution is 7.17. The molecular weight excluding hydrogens is 372 g/mol. The van der Waals surface area contributed by atoms with Crippen molar-refractivity contribution in [3.8, 4) is 0 Å². The van der Waals surface area contributed by atoms with Gasteiger partial charge in [-0.3, -0.25) is 14.4 Å². The molecule has 2 saturated carbocycles. The second-order valence-electron chi connectivity index (χ2n) is 8.92. The fraction of sp³-hybridized carbons (Fsp3) is 0.591. The van der Waals surface area contributed by atoms with Crippen molar-refractivity contribution in [2.45, 2.75) is 58.8 Å². The summed E-state index contributed by atoms with van der Waals surface area (Å²) in [4.78, 5) is 41.7. The molecule has 0 unspecified atom stereocenters. The van der Waals surface area contributed by atoms with Gasteiger partial charge in [-0.05, 0) is 69.8 Å². The lowest BCUT2D eigenvalue weighted by Crippen LogP contribution is -2.34. The summed E-state index contributed by atoms with van der Waals surface area (Å²) in [6.45, 7) is 4.19. The number of carbonyl (C=O) groups excluding carboxylic acids is 3. The van der Waals surface area contributed by atoms with Gasteiger partial charge in [-0.1, -0.05) is 17.6 Å². The predicted octanol–water partition coefficient (Wildman–Crippen LogP) is 3.60. The molecule has 1 aromatic rings. The van der Waals surface area contributed by atoms with Crippen molar-refractivity contribution in [1.82, 2.24) is 0 Å². The lowest BCUT2D eigenvalue weighted by Gasteiger charge is -2.19. The van der Waals surface area contributed by atoms with E-state index in [1.807, 2.05) is 0 Å². The Hall–Kier alpha value is -1.95. The fourth-order valence-corrected chi connectivity index (χ4v) is 7.74. The Labute approximate surface area is 169 Å². The monoisotopic (exact) mass is 398 g/mol. The minimum Gasteiger partial charge on any atom is -0.365 e. The molecule has 0 spiro atoms. The van der Waals surface area contributed by atoms with E-state index in [1.165, 1.54) is 27.4 Å². The lowest BCUT2D eigenvalue weighted by atomic mass is 9.81. The Bertz CT molecular complexity index is 908. The zero-order chi connectivity index (χ0) is 19.7. The number of amides is 3. The number of thiophene rings is 1. The standard InChI is InChI=1S/C22H26N2O3S/c1-10(2)15-12-8-9-13(15)17-16(12)20(26)24(21(17)27)22-18(19(23)25)11-6-4-3-5-7-14(11)28-22/h12-13,16-17H,3-9H2,1-2H3,(H2,23,25)/t12-,13-,16+,17+/m0/s1. The van der Waals surface area contributed by atoms with E-state index >= 15 is 0 Å². The third-order valence-corrected chi connectivity index (χ3v) is 8.56. The van der Waals surface area contributed by atoms with Crippen LogP contribution < -0.4 is 10.6 Å². The number of aryl methyl sites for hydroxylation is 1. The molecule has 2 bridgehead atoms. The number of hydrogen-bond donors (Lipinski definition) is 1. The molecule has 5 rings (SSSR count). The molecule has 2 heterocycles. The first kappa shape index (κ1) is 18.1. The summed E-state index contributed by atoms with van der Waals surface area (Å²) in [7, 11) is 0. The normalized spacial score (nSPS) is 31.2. The molecule has 1 aliphatic heterocycles. The van der Waals surface area contributed by atoms with Crippen molar-refractivity contribution in [2.75, 3.05) is 4.90 Å². The quantitative estimate of drug-likeness (QED) is 0.470. The molecule has 5 nitrogen and oxygen atoms in total. The number of carbonyl (C=O) groups is 3. The number of fused-ring (bicyclic) bond motifs is 6. The van der Waals surface area contributed by atoms with Crippen molar-refractivity contribution < 1.29 is 14.4 Å². The van der Waals surface area contributed by atoms with Crippen LogP contribution in [0.1, 0.15) is 66.8 Å². The predicted molar refractivity (Wildman–Crippen MR) is 108 cm³/mol. The van der Waals surface area contributed by atoms with E-state index in [1.54, 1.807) is 0 Å². The van der Waals surface area contributed by atoms with E-state index in [0.717, 1.165) is 55.4 Å². The molecule has 0 radical (unpaired) electrons. The number of anilines is 1. The second-order valence-corrected chi connectivity index (χ2v) is 10.0. The van der Waals surface area contributed by atoms with Gasteiger partial charge in [0.2, 0.25) is 11.8 Å². The molecular formula is C22H26N2O3S. The molecule has 148 valence electrons. The van der Waals surface area contributed by atoms with Gasteiger partial charge >= 0.3 is 0 Å². The van der Waals surface area contributed by atoms with Crippen molar-refractivity contribution >= 4 is 34.1 Å². The first-order chi connectivity index (χ1) is 13.4. The van der Waals surface area contributed by atoms with Crippen LogP contribution in [-0.4, -0.2) is 17.7 Å². The third kappa shape index (κ3) is 2.27. The Balaban J connectivity index is 1.60. The van der Waals surface area contributed by atoms with Gasteiger partial charge in [-0.2, -0.15) is 0 Å². The number of rotatable bonds is 2. The number of imide groups is 1. The van der Waals surface area contributed by atoms with Crippen LogP contribution in [0.4, 0.5) is 5.00 Å². The smallest absolute Gasteiger partial charge is 0.252 e. The van der Waals surface area contributed by atoms with Crippen molar-refractivity contribution in [1.29, 1.82) is 0 Å². The molecule has 2 N–H and O–H groups in total. The van der Waals surface area contributed by atoms with Gasteiger partial charge in [0.25, 0.3) is 5.91 Å². The molecule has 28 heavy (non-hydrogen) atoms. The van der Waals surface area contributed by atoms with Crippen LogP contribution in [0.3, 0.4) is 0 Å². The SMILES string of the molecule is CC(C)=C1[C@@H]2CC[C@@H]1[C@H]1C(=O)N(c3sc4c(c3C(N)=O)CCCCC4)C(=O)[C@@H]12. The Morgan fingerprint density at radius 3 is 2.18 bits per heavy atom. The molecule has 1 saturated heterocycles. The summed E-state index contributed by atoms with van der Waals surface area (Å²) in [5.41, 5.74) is 9.76. The van der Waals surface area contributed by atoms with Gasteiger partial charge < -0.3 is 5.73 Å². The van der Waals surface area contributed by atoms with Crippen molar-refractivity contribution in [2.24, 2.45) is 29.4 Å². The van der Waals surface area contributed by atoms with Crippen LogP contribution in [0, 0.1) is 23.7 Å². The van der Waals surface area contributed by atoms with Gasteiger partial charge in [0.1, 0.15) is 5.00 Å². The Kier molecular flexibility index (Phi) is 4.06. The topological polar surface area (TPSA) is 80.5 Å². The zero-order valence-corrected chi connectivity index (χ0v) is 17.2. The highest BCUT2D eigenvalue weighted by atomic mass is 32.1. The summed E-state index contributed by atoms with van der Waals surface area (Å²) < 4.78 is 0. The highest BCUT2D eigenvalue weighted by Crippen LogP contribution is 2.61. The van der Waals surface area contributed by atoms with E-state index < -0.39 is 5.91 Å². The number of hydrogen-bond acceptors (Lipinski definition) is 4. The largest absolute Gasteiger partial charge is 0.365 e. The van der Waals surface area contributed by atoms with Gasteiger partial charge in [0.05, 0.1) is 17.4 Å². The number of nitrogens with two attached hydrogens (primary N) is 1. The zero-order valence-electron chi connectivity index (χ0n) is 16.4. The summed E-state index contributed by atoms with van der Waals surface area (Å²) in [6.07, 6.45) is 6.91. The van der Waals surface area contributed by atoms with Crippen LogP contribution in [-0.2, 0) is 22.4 Å². The molecule has 4 aliphatic rings. The first-order valence-electron chi connectivity index (χ1n) is 10.4. The first-order valence-corrected chi connectivity index (χ1v) is 11.2. The molecule has 4 atom stereocenters. The molecule has 0 aromatic carbocycles. The van der Waals surface area contributed by atoms with Crippen LogP contribution in [0.15, 0.2) is 11.1 Å². The highest BCUT2D eigenvalue weighted by Gasteiger charge is 2.64. The average Bonchev–Trinajstić information content (AvgIpc) is 3.32. The summed E-state index contributed by atoms with van der Waals surface area (Å²) in [6, 6.07) is 0. The maximum atomic E-state index is 13.4. The summed E-state index contributed by atoms with van der Waals surface area (Å²) in [5, 5.41) is 0.502. The second kappa shape index (κ2) is 6.28. The molecule has 3 fully saturated rings. The van der Waals surface area contributed by atoms with Crippen LogP contribution in [0.2, 0.25) is 0 Å². The maximum absolute atomic E-state index is 13.4. The Morgan fingerprint density at radius 2 is 1.61 bits per heavy atom. The number of allylic oxidation sites excluding steroid dienone is 2. The van der Waals surface area contributed by atoms with E-state index in [4.69, 9.17) is 5.73 Å². The van der Waals surface area contributed by atoms with Crippen LogP contribution in [0.5, 0.6) is 0 Å². The fourth-order valence-electron chi connectivity index (χ4n) is 6.33. The van der Waals surface area contributed by atoms with Gasteiger partial charge in [0, 0.05) is 4.88 Å². The molecule has 1 aromatic heterocycles. The van der Waals surface area contributed by atoms with Crippen LogP contribution >= 0.6 is 11.3 Å². The third-order valence-electron chi connectivity index (χ3n) is 7.28. The van der Waals surface area contributed by atoms with Gasteiger partial charge in [-0.15, -0.1) is 11.3 Å². The van der Waals surface area contributed by atoms with E-state index in [0.29, 0.717) is 10.6 Å². The minimum absolute atomic E-state index is 0.111. The number of primary amides is 1. The Morgan fingerprint density at radius 1 is 1.00 bits per heavy atom. The van der Waals surface area contributed by atoms with Crippen LogP contribution in [0.25, 0.3) is 0 Å².